The van der Waals surface area contributed by atoms with Crippen LogP contribution in [0.2, 0.25) is 0 Å². The number of carbonyl (C=O) groups is 1. The van der Waals surface area contributed by atoms with E-state index >= 15 is 0 Å². The number of benzene rings is 2. The van der Waals surface area contributed by atoms with E-state index in [9.17, 15) is 4.79 Å². The van der Waals surface area contributed by atoms with Crippen LogP contribution in [0, 0.1) is 0 Å². The van der Waals surface area contributed by atoms with E-state index < -0.39 is 5.97 Å². The van der Waals surface area contributed by atoms with Crippen molar-refractivity contribution in [1.29, 1.82) is 0 Å². The van der Waals surface area contributed by atoms with Crippen molar-refractivity contribution in [1.82, 2.24) is 5.32 Å². The van der Waals surface area contributed by atoms with Gasteiger partial charge in [-0.25, -0.2) is 4.79 Å². The lowest BCUT2D eigenvalue weighted by molar-refractivity contribution is -0.132. The molecule has 0 aromatic heterocycles. The Morgan fingerprint density at radius 1 is 1.20 bits per heavy atom. The zero-order chi connectivity index (χ0) is 14.4. The Hall–Kier alpha value is -2.55. The number of aliphatic carboxylic acids is 1. The van der Waals surface area contributed by atoms with E-state index in [4.69, 9.17) is 5.11 Å². The molecule has 0 aliphatic carbocycles. The number of carboxylic acids is 1. The first-order valence-electron chi connectivity index (χ1n) is 6.48. The van der Waals surface area contributed by atoms with E-state index in [1.807, 2.05) is 18.2 Å². The molecule has 0 bridgehead atoms. The van der Waals surface area contributed by atoms with E-state index in [0.717, 1.165) is 0 Å². The highest BCUT2D eigenvalue weighted by atomic mass is 16.4. The minimum absolute atomic E-state index is 0.274. The second-order valence-corrected chi connectivity index (χ2v) is 4.40. The van der Waals surface area contributed by atoms with Gasteiger partial charge in [0.25, 0.3) is 0 Å². The quantitative estimate of drug-likeness (QED) is 0.644. The van der Waals surface area contributed by atoms with Gasteiger partial charge in [0.1, 0.15) is 0 Å². The highest BCUT2D eigenvalue weighted by Crippen LogP contribution is 2.18. The number of fused-ring (bicyclic) bond motifs is 1. The topological polar surface area (TPSA) is 49.3 Å². The van der Waals surface area contributed by atoms with E-state index in [1.165, 1.54) is 16.3 Å². The molecule has 2 N–H and O–H groups in total. The lowest BCUT2D eigenvalue weighted by Gasteiger charge is -2.06. The number of allylic oxidation sites excluding steroid dienone is 1. The smallest absolute Gasteiger partial charge is 0.335 e. The zero-order valence-electron chi connectivity index (χ0n) is 11.3. The maximum Gasteiger partial charge on any atom is 0.335 e. The summed E-state index contributed by atoms with van der Waals surface area (Å²) in [7, 11) is 0. The van der Waals surface area contributed by atoms with E-state index in [1.54, 1.807) is 25.3 Å². The van der Waals surface area contributed by atoms with Crippen LogP contribution < -0.4 is 5.32 Å². The first-order valence-corrected chi connectivity index (χ1v) is 6.48. The van der Waals surface area contributed by atoms with Crippen molar-refractivity contribution in [3.05, 3.63) is 72.0 Å². The third-order valence-electron chi connectivity index (χ3n) is 3.11. The first kappa shape index (κ1) is 13.9. The molecule has 3 heteroatoms. The van der Waals surface area contributed by atoms with Crippen LogP contribution in [0.5, 0.6) is 0 Å². The van der Waals surface area contributed by atoms with Crippen molar-refractivity contribution in [2.75, 3.05) is 0 Å². The Bertz CT molecular complexity index is 666. The highest BCUT2D eigenvalue weighted by Gasteiger charge is 2.00. The molecular formula is C17H17NO2. The van der Waals surface area contributed by atoms with Crippen LogP contribution in [0.1, 0.15) is 12.5 Å². The van der Waals surface area contributed by atoms with Gasteiger partial charge in [-0.05, 0) is 35.5 Å². The van der Waals surface area contributed by atoms with E-state index in [2.05, 4.69) is 29.6 Å². The Balaban J connectivity index is 2.07. The van der Waals surface area contributed by atoms with Gasteiger partial charge in [-0.15, -0.1) is 0 Å². The Morgan fingerprint density at radius 2 is 1.95 bits per heavy atom. The van der Waals surface area contributed by atoms with E-state index in [0.29, 0.717) is 6.54 Å². The number of hydrogen-bond acceptors (Lipinski definition) is 2. The van der Waals surface area contributed by atoms with Gasteiger partial charge in [0, 0.05) is 6.54 Å². The van der Waals surface area contributed by atoms with Crippen LogP contribution in [0.3, 0.4) is 0 Å². The Morgan fingerprint density at radius 3 is 2.70 bits per heavy atom. The van der Waals surface area contributed by atoms with Gasteiger partial charge in [0.2, 0.25) is 0 Å². The third-order valence-corrected chi connectivity index (χ3v) is 3.11. The van der Waals surface area contributed by atoms with Crippen molar-refractivity contribution >= 4 is 16.7 Å². The molecule has 0 atom stereocenters. The second kappa shape index (κ2) is 6.57. The highest BCUT2D eigenvalue weighted by molar-refractivity contribution is 5.89. The van der Waals surface area contributed by atoms with Crippen molar-refractivity contribution < 1.29 is 9.90 Å². The van der Waals surface area contributed by atoms with Crippen LogP contribution in [0.4, 0.5) is 0 Å². The number of rotatable bonds is 5. The van der Waals surface area contributed by atoms with Crippen molar-refractivity contribution in [3.8, 4) is 0 Å². The largest absolute Gasteiger partial charge is 0.478 e. The standard InChI is InChI=1S/C17H17NO2/c1-2-13(17(19)20)10-11-18-12-15-8-5-7-14-6-3-4-9-16(14)15/h2-11,18H,12H2,1H3,(H,19,20)/b11-10-,13-2+. The number of carboxylic acid groups (broad SMARTS) is 1. The summed E-state index contributed by atoms with van der Waals surface area (Å²) in [6.45, 7) is 2.37. The number of hydrogen-bond donors (Lipinski definition) is 2. The van der Waals surface area contributed by atoms with Crippen LogP contribution in [-0.4, -0.2) is 11.1 Å². The summed E-state index contributed by atoms with van der Waals surface area (Å²) in [5, 5.41) is 14.4. The maximum absolute atomic E-state index is 10.8. The van der Waals surface area contributed by atoms with Crippen LogP contribution >= 0.6 is 0 Å². The lowest BCUT2D eigenvalue weighted by atomic mass is 10.0. The normalized spacial score (nSPS) is 11.9. The molecule has 0 saturated carbocycles. The van der Waals surface area contributed by atoms with Gasteiger partial charge < -0.3 is 10.4 Å². The molecule has 0 heterocycles. The SMILES string of the molecule is C/C=C(\C=C/NCc1cccc2ccccc12)C(=O)O. The fraction of sp³-hybridized carbons (Fsp3) is 0.118. The van der Waals surface area contributed by atoms with Crippen LogP contribution in [0.15, 0.2) is 66.4 Å². The van der Waals surface area contributed by atoms with Gasteiger partial charge in [-0.2, -0.15) is 0 Å². The molecule has 0 aliphatic rings. The summed E-state index contributed by atoms with van der Waals surface area (Å²) < 4.78 is 0. The zero-order valence-corrected chi connectivity index (χ0v) is 11.3. The summed E-state index contributed by atoms with van der Waals surface area (Å²) in [5.41, 5.74) is 1.46. The predicted octanol–water partition coefficient (Wildman–Crippen LogP) is 3.47. The summed E-state index contributed by atoms with van der Waals surface area (Å²) in [4.78, 5) is 10.8. The molecule has 0 aliphatic heterocycles. The lowest BCUT2D eigenvalue weighted by Crippen LogP contribution is -2.06. The maximum atomic E-state index is 10.8. The fourth-order valence-electron chi connectivity index (χ4n) is 2.06. The van der Waals surface area contributed by atoms with Gasteiger partial charge in [-0.3, -0.25) is 0 Å². The molecule has 2 aromatic rings. The molecule has 0 amide bonds. The summed E-state index contributed by atoms with van der Waals surface area (Å²) in [5.74, 6) is -0.921. The molecule has 3 nitrogen and oxygen atoms in total. The van der Waals surface area contributed by atoms with Crippen molar-refractivity contribution in [2.45, 2.75) is 13.5 Å². The summed E-state index contributed by atoms with van der Waals surface area (Å²) in [6, 6.07) is 14.4. The molecule has 2 rings (SSSR count). The first-order chi connectivity index (χ1) is 9.72. The van der Waals surface area contributed by atoms with Gasteiger partial charge >= 0.3 is 5.97 Å². The molecule has 0 spiro atoms. The molecule has 102 valence electrons. The molecule has 2 aromatic carbocycles. The summed E-state index contributed by atoms with van der Waals surface area (Å²) >= 11 is 0. The molecular weight excluding hydrogens is 250 g/mol. The van der Waals surface area contributed by atoms with Gasteiger partial charge in [0.15, 0.2) is 0 Å². The predicted molar refractivity (Wildman–Crippen MR) is 81.3 cm³/mol. The minimum Gasteiger partial charge on any atom is -0.478 e. The van der Waals surface area contributed by atoms with Gasteiger partial charge in [0.05, 0.1) is 5.57 Å². The van der Waals surface area contributed by atoms with E-state index in [-0.39, 0.29) is 5.57 Å². The number of nitrogens with one attached hydrogen (secondary N) is 1. The van der Waals surface area contributed by atoms with Crippen LogP contribution in [0.25, 0.3) is 10.8 Å². The van der Waals surface area contributed by atoms with Crippen molar-refractivity contribution in [2.24, 2.45) is 0 Å². The third kappa shape index (κ3) is 3.26. The van der Waals surface area contributed by atoms with Crippen molar-refractivity contribution in [3.63, 3.8) is 0 Å². The average molecular weight is 267 g/mol. The molecule has 0 radical (unpaired) electrons. The summed E-state index contributed by atoms with van der Waals surface area (Å²) in [6.07, 6.45) is 4.80. The molecule has 20 heavy (non-hydrogen) atoms. The average Bonchev–Trinajstić information content (AvgIpc) is 2.47. The van der Waals surface area contributed by atoms with Gasteiger partial charge in [-0.1, -0.05) is 48.5 Å². The second-order valence-electron chi connectivity index (χ2n) is 4.40. The Labute approximate surface area is 118 Å². The molecule has 0 saturated heterocycles. The minimum atomic E-state index is -0.921. The monoisotopic (exact) mass is 267 g/mol. The molecule has 0 fully saturated rings. The van der Waals surface area contributed by atoms with Crippen LogP contribution in [-0.2, 0) is 11.3 Å². The Kier molecular flexibility index (Phi) is 4.56. The fourth-order valence-corrected chi connectivity index (χ4v) is 2.06. The molecule has 0 unspecified atom stereocenters.